The third kappa shape index (κ3) is 3.47. The highest BCUT2D eigenvalue weighted by Crippen LogP contribution is 2.14. The fourth-order valence-electron chi connectivity index (χ4n) is 2.81. The molecule has 1 aliphatic heterocycles. The lowest BCUT2D eigenvalue weighted by molar-refractivity contribution is 0.478. The fourth-order valence-corrected chi connectivity index (χ4v) is 2.81. The van der Waals surface area contributed by atoms with Crippen molar-refractivity contribution in [3.8, 4) is 0 Å². The SMILES string of the molecule is CC(Cc1ccc(F)cc1)NCc1nnc2n1CCCC2. The first-order valence-electron chi connectivity index (χ1n) is 7.61. The van der Waals surface area contributed by atoms with Crippen molar-refractivity contribution in [2.75, 3.05) is 0 Å². The smallest absolute Gasteiger partial charge is 0.147 e. The van der Waals surface area contributed by atoms with Gasteiger partial charge in [-0.15, -0.1) is 10.2 Å². The predicted octanol–water partition coefficient (Wildman–Crippen LogP) is 2.47. The minimum atomic E-state index is -0.186. The average Bonchev–Trinajstić information content (AvgIpc) is 2.91. The van der Waals surface area contributed by atoms with Gasteiger partial charge in [0.1, 0.15) is 17.5 Å². The van der Waals surface area contributed by atoms with E-state index in [4.69, 9.17) is 0 Å². The normalized spacial score (nSPS) is 15.7. The Morgan fingerprint density at radius 1 is 1.24 bits per heavy atom. The Morgan fingerprint density at radius 2 is 2.05 bits per heavy atom. The van der Waals surface area contributed by atoms with E-state index in [-0.39, 0.29) is 5.82 Å². The summed E-state index contributed by atoms with van der Waals surface area (Å²) in [5.74, 6) is 1.95. The van der Waals surface area contributed by atoms with Gasteiger partial charge in [-0.05, 0) is 43.9 Å². The third-order valence-corrected chi connectivity index (χ3v) is 4.00. The topological polar surface area (TPSA) is 42.7 Å². The zero-order chi connectivity index (χ0) is 14.7. The Kier molecular flexibility index (Phi) is 4.29. The number of halogens is 1. The first kappa shape index (κ1) is 14.2. The van der Waals surface area contributed by atoms with Gasteiger partial charge in [-0.1, -0.05) is 12.1 Å². The fraction of sp³-hybridized carbons (Fsp3) is 0.500. The minimum absolute atomic E-state index is 0.186. The van der Waals surface area contributed by atoms with Crippen LogP contribution >= 0.6 is 0 Å². The zero-order valence-corrected chi connectivity index (χ0v) is 12.3. The molecule has 1 atom stereocenters. The quantitative estimate of drug-likeness (QED) is 0.919. The highest BCUT2D eigenvalue weighted by molar-refractivity contribution is 5.17. The lowest BCUT2D eigenvalue weighted by Crippen LogP contribution is -2.29. The van der Waals surface area contributed by atoms with Crippen molar-refractivity contribution < 1.29 is 4.39 Å². The van der Waals surface area contributed by atoms with Crippen LogP contribution < -0.4 is 5.32 Å². The number of hydrogen-bond acceptors (Lipinski definition) is 3. The highest BCUT2D eigenvalue weighted by atomic mass is 19.1. The van der Waals surface area contributed by atoms with Gasteiger partial charge in [-0.3, -0.25) is 0 Å². The molecule has 5 heteroatoms. The Balaban J connectivity index is 1.55. The summed E-state index contributed by atoms with van der Waals surface area (Å²) in [6.45, 7) is 3.90. The van der Waals surface area contributed by atoms with E-state index in [1.54, 1.807) is 0 Å². The molecule has 0 saturated heterocycles. The van der Waals surface area contributed by atoms with Crippen LogP contribution in [0.1, 0.15) is 37.0 Å². The van der Waals surface area contributed by atoms with Crippen LogP contribution in [0.4, 0.5) is 4.39 Å². The van der Waals surface area contributed by atoms with Crippen LogP contribution in [-0.4, -0.2) is 20.8 Å². The van der Waals surface area contributed by atoms with Gasteiger partial charge in [0.15, 0.2) is 0 Å². The summed E-state index contributed by atoms with van der Waals surface area (Å²) in [7, 11) is 0. The monoisotopic (exact) mass is 288 g/mol. The maximum absolute atomic E-state index is 12.9. The van der Waals surface area contributed by atoms with Crippen LogP contribution in [0.15, 0.2) is 24.3 Å². The number of hydrogen-bond donors (Lipinski definition) is 1. The largest absolute Gasteiger partial charge is 0.314 e. The van der Waals surface area contributed by atoms with Gasteiger partial charge in [0.05, 0.1) is 6.54 Å². The Morgan fingerprint density at radius 3 is 2.86 bits per heavy atom. The van der Waals surface area contributed by atoms with Crippen LogP contribution in [-0.2, 0) is 25.9 Å². The van der Waals surface area contributed by atoms with Crippen molar-refractivity contribution in [2.24, 2.45) is 0 Å². The summed E-state index contributed by atoms with van der Waals surface area (Å²) >= 11 is 0. The summed E-state index contributed by atoms with van der Waals surface area (Å²) in [5.41, 5.74) is 1.14. The van der Waals surface area contributed by atoms with E-state index < -0.39 is 0 Å². The number of rotatable bonds is 5. The Bertz CT molecular complexity index is 591. The molecule has 1 aliphatic rings. The molecule has 0 spiro atoms. The third-order valence-electron chi connectivity index (χ3n) is 4.00. The summed E-state index contributed by atoms with van der Waals surface area (Å²) in [6.07, 6.45) is 4.34. The van der Waals surface area contributed by atoms with Crippen LogP contribution in [0.5, 0.6) is 0 Å². The van der Waals surface area contributed by atoms with Crippen LogP contribution in [0.3, 0.4) is 0 Å². The van der Waals surface area contributed by atoms with Crippen LogP contribution in [0.2, 0.25) is 0 Å². The van der Waals surface area contributed by atoms with Gasteiger partial charge in [0, 0.05) is 19.0 Å². The molecule has 0 amide bonds. The Hall–Kier alpha value is -1.75. The molecule has 0 radical (unpaired) electrons. The molecule has 0 bridgehead atoms. The molecule has 1 unspecified atom stereocenters. The molecule has 3 rings (SSSR count). The van der Waals surface area contributed by atoms with Crippen molar-refractivity contribution in [2.45, 2.75) is 51.7 Å². The van der Waals surface area contributed by atoms with E-state index in [0.717, 1.165) is 43.1 Å². The van der Waals surface area contributed by atoms with Crippen molar-refractivity contribution >= 4 is 0 Å². The number of aromatic nitrogens is 3. The molecular weight excluding hydrogens is 267 g/mol. The van der Waals surface area contributed by atoms with E-state index in [2.05, 4.69) is 27.0 Å². The summed E-state index contributed by atoms with van der Waals surface area (Å²) in [4.78, 5) is 0. The standard InChI is InChI=1S/C16H21FN4/c1-12(10-13-5-7-14(17)8-6-13)18-11-16-20-19-15-4-2-3-9-21(15)16/h5-8,12,18H,2-4,9-11H2,1H3. The molecule has 4 nitrogen and oxygen atoms in total. The molecule has 1 N–H and O–H groups in total. The first-order chi connectivity index (χ1) is 10.2. The second-order valence-corrected chi connectivity index (χ2v) is 5.75. The molecule has 2 heterocycles. The average molecular weight is 288 g/mol. The second kappa shape index (κ2) is 6.35. The lowest BCUT2D eigenvalue weighted by atomic mass is 10.1. The summed E-state index contributed by atoms with van der Waals surface area (Å²) < 4.78 is 15.1. The number of benzene rings is 1. The highest BCUT2D eigenvalue weighted by Gasteiger charge is 2.15. The maximum Gasteiger partial charge on any atom is 0.147 e. The predicted molar refractivity (Wildman–Crippen MR) is 79.4 cm³/mol. The van der Waals surface area contributed by atoms with Gasteiger partial charge in [-0.25, -0.2) is 4.39 Å². The van der Waals surface area contributed by atoms with E-state index in [1.807, 2.05) is 12.1 Å². The Labute approximate surface area is 124 Å². The van der Waals surface area contributed by atoms with Gasteiger partial charge in [0.25, 0.3) is 0 Å². The molecule has 112 valence electrons. The zero-order valence-electron chi connectivity index (χ0n) is 12.3. The number of nitrogens with one attached hydrogen (secondary N) is 1. The van der Waals surface area contributed by atoms with Crippen molar-refractivity contribution in [1.82, 2.24) is 20.1 Å². The molecular formula is C16H21FN4. The van der Waals surface area contributed by atoms with Gasteiger partial charge in [0.2, 0.25) is 0 Å². The van der Waals surface area contributed by atoms with E-state index in [9.17, 15) is 4.39 Å². The number of aryl methyl sites for hydroxylation is 1. The molecule has 21 heavy (non-hydrogen) atoms. The van der Waals surface area contributed by atoms with Gasteiger partial charge >= 0.3 is 0 Å². The second-order valence-electron chi connectivity index (χ2n) is 5.75. The molecule has 1 aromatic carbocycles. The van der Waals surface area contributed by atoms with Gasteiger partial charge < -0.3 is 9.88 Å². The number of fused-ring (bicyclic) bond motifs is 1. The van der Waals surface area contributed by atoms with E-state index in [0.29, 0.717) is 6.04 Å². The van der Waals surface area contributed by atoms with E-state index >= 15 is 0 Å². The molecule has 0 fully saturated rings. The summed E-state index contributed by atoms with van der Waals surface area (Å²) in [6, 6.07) is 7.01. The van der Waals surface area contributed by atoms with E-state index in [1.165, 1.54) is 25.0 Å². The van der Waals surface area contributed by atoms with Crippen LogP contribution in [0, 0.1) is 5.82 Å². The van der Waals surface area contributed by atoms with Crippen molar-refractivity contribution in [3.63, 3.8) is 0 Å². The van der Waals surface area contributed by atoms with Crippen LogP contribution in [0.25, 0.3) is 0 Å². The van der Waals surface area contributed by atoms with Gasteiger partial charge in [-0.2, -0.15) is 0 Å². The van der Waals surface area contributed by atoms with Crippen molar-refractivity contribution in [3.05, 3.63) is 47.3 Å². The molecule has 0 saturated carbocycles. The molecule has 0 aliphatic carbocycles. The lowest BCUT2D eigenvalue weighted by Gasteiger charge is -2.17. The molecule has 2 aromatic rings. The molecule has 1 aromatic heterocycles. The maximum atomic E-state index is 12.9. The first-order valence-corrected chi connectivity index (χ1v) is 7.61. The minimum Gasteiger partial charge on any atom is -0.314 e. The summed E-state index contributed by atoms with van der Waals surface area (Å²) in [5, 5.41) is 12.0. The van der Waals surface area contributed by atoms with Crippen molar-refractivity contribution in [1.29, 1.82) is 0 Å². The number of nitrogens with zero attached hydrogens (tertiary/aromatic N) is 3.